The van der Waals surface area contributed by atoms with Crippen molar-refractivity contribution in [2.24, 2.45) is 0 Å². The number of hydrogen-bond donors (Lipinski definition) is 1. The van der Waals surface area contributed by atoms with Gasteiger partial charge in [0.05, 0.1) is 6.54 Å². The standard InChI is InChI=1S/C19H20F2N4OS2/c1-14(28-27-9-6-15-4-7-22-8-5-15)19(26,11-25-13-23-12-24-25)17-3-2-16(20)10-18(17)21/h2-5,7-8,10,12-14,26H,6,9,11H2,1H3/t14-,19-/m1/s1. The molecule has 0 amide bonds. The fourth-order valence-electron chi connectivity index (χ4n) is 2.77. The fourth-order valence-corrected chi connectivity index (χ4v) is 5.38. The SMILES string of the molecule is C[C@@H](SSCCc1ccncc1)[C@](O)(Cn1cncn1)c1ccc(F)cc1F. The van der Waals surface area contributed by atoms with Gasteiger partial charge in [0.2, 0.25) is 0 Å². The Balaban J connectivity index is 1.72. The number of hydrogen-bond acceptors (Lipinski definition) is 6. The Labute approximate surface area is 170 Å². The third-order valence-corrected chi connectivity index (χ3v) is 7.34. The summed E-state index contributed by atoms with van der Waals surface area (Å²) in [7, 11) is 3.06. The molecule has 9 heteroatoms. The van der Waals surface area contributed by atoms with Gasteiger partial charge in [0.15, 0.2) is 0 Å². The zero-order valence-corrected chi connectivity index (χ0v) is 16.8. The average molecular weight is 423 g/mol. The molecule has 0 fully saturated rings. The molecule has 0 bridgehead atoms. The molecule has 2 aromatic heterocycles. The number of nitrogens with zero attached hydrogens (tertiary/aromatic N) is 4. The van der Waals surface area contributed by atoms with Crippen molar-refractivity contribution >= 4 is 21.6 Å². The van der Waals surface area contributed by atoms with Crippen LogP contribution >= 0.6 is 21.6 Å². The third-order valence-electron chi connectivity index (χ3n) is 4.38. The molecule has 0 aliphatic carbocycles. The Morgan fingerprint density at radius 2 is 1.96 bits per heavy atom. The van der Waals surface area contributed by atoms with E-state index in [4.69, 9.17) is 0 Å². The minimum Gasteiger partial charge on any atom is -0.382 e. The molecule has 28 heavy (non-hydrogen) atoms. The van der Waals surface area contributed by atoms with Crippen molar-refractivity contribution in [3.63, 3.8) is 0 Å². The van der Waals surface area contributed by atoms with Crippen molar-refractivity contribution in [3.8, 4) is 0 Å². The van der Waals surface area contributed by atoms with E-state index in [-0.39, 0.29) is 17.4 Å². The number of pyridine rings is 1. The highest BCUT2D eigenvalue weighted by atomic mass is 33.1. The monoisotopic (exact) mass is 422 g/mol. The predicted molar refractivity (Wildman–Crippen MR) is 108 cm³/mol. The van der Waals surface area contributed by atoms with Gasteiger partial charge in [0.25, 0.3) is 0 Å². The molecule has 2 heterocycles. The average Bonchev–Trinajstić information content (AvgIpc) is 3.18. The molecule has 0 aliphatic heterocycles. The van der Waals surface area contributed by atoms with Crippen LogP contribution in [-0.2, 0) is 18.6 Å². The molecule has 2 atom stereocenters. The first kappa shape index (κ1) is 20.8. The molecule has 0 spiro atoms. The van der Waals surface area contributed by atoms with E-state index < -0.39 is 17.2 Å². The van der Waals surface area contributed by atoms with Gasteiger partial charge in [-0.05, 0) is 37.1 Å². The van der Waals surface area contributed by atoms with Crippen LogP contribution in [0.1, 0.15) is 18.1 Å². The molecule has 148 valence electrons. The Bertz CT molecular complexity index is 883. The lowest BCUT2D eigenvalue weighted by Gasteiger charge is -2.34. The van der Waals surface area contributed by atoms with Gasteiger partial charge < -0.3 is 5.11 Å². The second kappa shape index (κ2) is 9.49. The van der Waals surface area contributed by atoms with E-state index in [0.29, 0.717) is 0 Å². The van der Waals surface area contributed by atoms with Crippen LogP contribution in [0.2, 0.25) is 0 Å². The highest BCUT2D eigenvalue weighted by Gasteiger charge is 2.39. The van der Waals surface area contributed by atoms with E-state index in [2.05, 4.69) is 15.1 Å². The second-order valence-corrected chi connectivity index (χ2v) is 9.14. The highest BCUT2D eigenvalue weighted by molar-refractivity contribution is 8.76. The Morgan fingerprint density at radius 3 is 2.64 bits per heavy atom. The summed E-state index contributed by atoms with van der Waals surface area (Å²) in [5, 5.41) is 15.0. The first-order valence-electron chi connectivity index (χ1n) is 8.66. The van der Waals surface area contributed by atoms with Crippen LogP contribution in [-0.4, -0.2) is 35.9 Å². The second-order valence-electron chi connectivity index (χ2n) is 6.31. The van der Waals surface area contributed by atoms with Crippen LogP contribution in [0, 0.1) is 11.6 Å². The van der Waals surface area contributed by atoms with E-state index in [1.807, 2.05) is 19.1 Å². The largest absolute Gasteiger partial charge is 0.382 e. The summed E-state index contributed by atoms with van der Waals surface area (Å²) in [5.41, 5.74) is -0.364. The van der Waals surface area contributed by atoms with Gasteiger partial charge in [0, 0.05) is 35.0 Å². The summed E-state index contributed by atoms with van der Waals surface area (Å²) in [6.45, 7) is 1.83. The molecule has 1 N–H and O–H groups in total. The maximum absolute atomic E-state index is 14.5. The smallest absolute Gasteiger partial charge is 0.137 e. The molecule has 3 rings (SSSR count). The zero-order chi connectivity index (χ0) is 20.0. The van der Waals surface area contributed by atoms with E-state index >= 15 is 0 Å². The number of halogens is 2. The van der Waals surface area contributed by atoms with E-state index in [1.54, 1.807) is 23.2 Å². The Hall–Kier alpha value is -1.97. The fraction of sp³-hybridized carbons (Fsp3) is 0.316. The van der Waals surface area contributed by atoms with Crippen molar-refractivity contribution in [2.75, 3.05) is 5.75 Å². The molecule has 1 aromatic carbocycles. The lowest BCUT2D eigenvalue weighted by Crippen LogP contribution is -2.41. The van der Waals surface area contributed by atoms with E-state index in [0.717, 1.165) is 24.3 Å². The lowest BCUT2D eigenvalue weighted by molar-refractivity contribution is 0.0137. The molecular weight excluding hydrogens is 402 g/mol. The van der Waals surface area contributed by atoms with Gasteiger partial charge in [-0.25, -0.2) is 18.4 Å². The summed E-state index contributed by atoms with van der Waals surface area (Å²) in [6, 6.07) is 7.15. The number of aryl methyl sites for hydroxylation is 1. The molecule has 0 aliphatic rings. The molecule has 0 saturated heterocycles. The zero-order valence-electron chi connectivity index (χ0n) is 15.2. The van der Waals surface area contributed by atoms with Crippen LogP contribution in [0.3, 0.4) is 0 Å². The number of aromatic nitrogens is 4. The van der Waals surface area contributed by atoms with Gasteiger partial charge in [-0.3, -0.25) is 4.98 Å². The molecule has 0 saturated carbocycles. The van der Waals surface area contributed by atoms with E-state index in [1.165, 1.54) is 39.8 Å². The number of rotatable bonds is 9. The number of aliphatic hydroxyl groups is 1. The van der Waals surface area contributed by atoms with Crippen molar-refractivity contribution in [3.05, 3.63) is 78.1 Å². The summed E-state index contributed by atoms with van der Waals surface area (Å²) >= 11 is 0. The van der Waals surface area contributed by atoms with Crippen molar-refractivity contribution < 1.29 is 13.9 Å². The van der Waals surface area contributed by atoms with Crippen LogP contribution in [0.15, 0.2) is 55.4 Å². The summed E-state index contributed by atoms with van der Waals surface area (Å²) in [6.07, 6.45) is 7.18. The molecule has 5 nitrogen and oxygen atoms in total. The lowest BCUT2D eigenvalue weighted by atomic mass is 9.90. The van der Waals surface area contributed by atoms with Gasteiger partial charge in [-0.15, -0.1) is 0 Å². The molecular formula is C19H20F2N4OS2. The normalized spacial score (nSPS) is 14.6. The molecule has 0 radical (unpaired) electrons. The van der Waals surface area contributed by atoms with Gasteiger partial charge in [0.1, 0.15) is 29.9 Å². The van der Waals surface area contributed by atoms with Crippen LogP contribution in [0.5, 0.6) is 0 Å². The first-order valence-corrected chi connectivity index (χ1v) is 11.0. The van der Waals surface area contributed by atoms with Crippen molar-refractivity contribution in [1.29, 1.82) is 0 Å². The quantitative estimate of drug-likeness (QED) is 0.417. The third kappa shape index (κ3) is 5.09. The Kier molecular flexibility index (Phi) is 7.03. The van der Waals surface area contributed by atoms with Crippen LogP contribution in [0.25, 0.3) is 0 Å². The van der Waals surface area contributed by atoms with Gasteiger partial charge >= 0.3 is 0 Å². The topological polar surface area (TPSA) is 63.8 Å². The predicted octanol–water partition coefficient (Wildman–Crippen LogP) is 3.85. The number of benzene rings is 1. The van der Waals surface area contributed by atoms with Crippen molar-refractivity contribution in [2.45, 2.75) is 30.7 Å². The van der Waals surface area contributed by atoms with Gasteiger partial charge in [-0.2, -0.15) is 5.10 Å². The summed E-state index contributed by atoms with van der Waals surface area (Å²) in [4.78, 5) is 7.87. The summed E-state index contributed by atoms with van der Waals surface area (Å²) in [5.74, 6) is -0.641. The van der Waals surface area contributed by atoms with E-state index in [9.17, 15) is 13.9 Å². The maximum atomic E-state index is 14.5. The van der Waals surface area contributed by atoms with Crippen LogP contribution < -0.4 is 0 Å². The Morgan fingerprint density at radius 1 is 1.18 bits per heavy atom. The summed E-state index contributed by atoms with van der Waals surface area (Å²) < 4.78 is 29.3. The maximum Gasteiger partial charge on any atom is 0.137 e. The minimum absolute atomic E-state index is 0.00857. The van der Waals surface area contributed by atoms with Gasteiger partial charge in [-0.1, -0.05) is 27.7 Å². The molecule has 3 aromatic rings. The molecule has 0 unspecified atom stereocenters. The minimum atomic E-state index is -1.58. The van der Waals surface area contributed by atoms with Crippen LogP contribution in [0.4, 0.5) is 8.78 Å². The van der Waals surface area contributed by atoms with Crippen molar-refractivity contribution in [1.82, 2.24) is 19.7 Å². The first-order chi connectivity index (χ1) is 13.5. The highest BCUT2D eigenvalue weighted by Crippen LogP contribution is 2.41.